The molecule has 1 saturated carbocycles. The highest BCUT2D eigenvalue weighted by atomic mass is 32.2. The molecule has 1 aromatic carbocycles. The molecule has 1 fully saturated rings. The first-order chi connectivity index (χ1) is 8.26. The third kappa shape index (κ3) is 2.55. The summed E-state index contributed by atoms with van der Waals surface area (Å²) in [6.45, 7) is 3.97. The SMILES string of the molecule is CC1(C)CC1NS(=O)(=O)c1ccc(F)c(CN)c1. The highest BCUT2D eigenvalue weighted by Gasteiger charge is 2.47. The highest BCUT2D eigenvalue weighted by Crippen LogP contribution is 2.45. The Kier molecular flexibility index (Phi) is 3.21. The fraction of sp³-hybridized carbons (Fsp3) is 0.500. The van der Waals surface area contributed by atoms with Crippen LogP contribution in [0.3, 0.4) is 0 Å². The molecule has 1 atom stereocenters. The Morgan fingerprint density at radius 1 is 1.50 bits per heavy atom. The molecule has 3 N–H and O–H groups in total. The van der Waals surface area contributed by atoms with Gasteiger partial charge in [-0.1, -0.05) is 13.8 Å². The van der Waals surface area contributed by atoms with Crippen molar-refractivity contribution in [1.82, 2.24) is 4.72 Å². The summed E-state index contributed by atoms with van der Waals surface area (Å²) in [5, 5.41) is 0. The zero-order chi connectivity index (χ0) is 13.6. The minimum Gasteiger partial charge on any atom is -0.326 e. The Labute approximate surface area is 106 Å². The second kappa shape index (κ2) is 4.29. The largest absolute Gasteiger partial charge is 0.326 e. The number of rotatable bonds is 4. The summed E-state index contributed by atoms with van der Waals surface area (Å²) < 4.78 is 40.0. The van der Waals surface area contributed by atoms with E-state index in [1.807, 2.05) is 13.8 Å². The molecule has 0 aromatic heterocycles. The minimum absolute atomic E-state index is 0.00377. The molecule has 6 heteroatoms. The fourth-order valence-corrected chi connectivity index (χ4v) is 3.26. The molecule has 0 radical (unpaired) electrons. The van der Waals surface area contributed by atoms with Crippen molar-refractivity contribution in [2.45, 2.75) is 37.8 Å². The first-order valence-corrected chi connectivity index (χ1v) is 7.25. The zero-order valence-electron chi connectivity index (χ0n) is 10.4. The van der Waals surface area contributed by atoms with E-state index in [0.29, 0.717) is 0 Å². The quantitative estimate of drug-likeness (QED) is 0.869. The number of hydrogen-bond acceptors (Lipinski definition) is 3. The van der Waals surface area contributed by atoms with Crippen molar-refractivity contribution >= 4 is 10.0 Å². The molecule has 0 saturated heterocycles. The van der Waals surface area contributed by atoms with Crippen LogP contribution in [0.15, 0.2) is 23.1 Å². The normalized spacial score (nSPS) is 21.9. The van der Waals surface area contributed by atoms with Crippen LogP contribution in [-0.4, -0.2) is 14.5 Å². The van der Waals surface area contributed by atoms with Crippen molar-refractivity contribution < 1.29 is 12.8 Å². The molecule has 2 rings (SSSR count). The van der Waals surface area contributed by atoms with Crippen LogP contribution >= 0.6 is 0 Å². The summed E-state index contributed by atoms with van der Waals surface area (Å²) in [5.74, 6) is -0.483. The molecule has 1 aliphatic rings. The Bertz CT molecular complexity index is 569. The minimum atomic E-state index is -3.59. The van der Waals surface area contributed by atoms with E-state index in [4.69, 9.17) is 5.73 Å². The van der Waals surface area contributed by atoms with Crippen molar-refractivity contribution in [2.75, 3.05) is 0 Å². The zero-order valence-corrected chi connectivity index (χ0v) is 11.2. The second-order valence-corrected chi connectivity index (χ2v) is 7.04. The molecule has 100 valence electrons. The molecular weight excluding hydrogens is 255 g/mol. The predicted octanol–water partition coefficient (Wildman–Crippen LogP) is 1.36. The van der Waals surface area contributed by atoms with E-state index in [-0.39, 0.29) is 28.5 Å². The summed E-state index contributed by atoms with van der Waals surface area (Å²) in [6, 6.07) is 3.63. The van der Waals surface area contributed by atoms with Crippen molar-refractivity contribution in [2.24, 2.45) is 11.1 Å². The van der Waals surface area contributed by atoms with Crippen LogP contribution in [0.4, 0.5) is 4.39 Å². The maximum Gasteiger partial charge on any atom is 0.240 e. The van der Waals surface area contributed by atoms with Crippen LogP contribution < -0.4 is 10.5 Å². The standard InChI is InChI=1S/C12H17FN2O2S/c1-12(2)6-11(12)15-18(16,17)9-3-4-10(13)8(5-9)7-14/h3-5,11,15H,6-7,14H2,1-2H3. The van der Waals surface area contributed by atoms with Gasteiger partial charge in [0.15, 0.2) is 0 Å². The third-order valence-electron chi connectivity index (χ3n) is 3.36. The summed E-state index contributed by atoms with van der Waals surface area (Å²) in [4.78, 5) is 0.0621. The van der Waals surface area contributed by atoms with E-state index in [1.165, 1.54) is 12.1 Å². The third-order valence-corrected chi connectivity index (χ3v) is 4.83. The smallest absolute Gasteiger partial charge is 0.240 e. The lowest BCUT2D eigenvalue weighted by Gasteiger charge is -2.09. The Morgan fingerprint density at radius 2 is 2.11 bits per heavy atom. The van der Waals surface area contributed by atoms with Gasteiger partial charge in [-0.15, -0.1) is 0 Å². The molecule has 4 nitrogen and oxygen atoms in total. The van der Waals surface area contributed by atoms with Gasteiger partial charge in [0.1, 0.15) is 5.82 Å². The van der Waals surface area contributed by atoms with Crippen LogP contribution in [0.1, 0.15) is 25.8 Å². The van der Waals surface area contributed by atoms with Crippen LogP contribution in [0.5, 0.6) is 0 Å². The molecule has 0 amide bonds. The van der Waals surface area contributed by atoms with E-state index in [0.717, 1.165) is 12.5 Å². The van der Waals surface area contributed by atoms with Gasteiger partial charge in [0, 0.05) is 18.2 Å². The molecule has 1 aliphatic carbocycles. The lowest BCUT2D eigenvalue weighted by Crippen LogP contribution is -2.28. The Hall–Kier alpha value is -0.980. The summed E-state index contributed by atoms with van der Waals surface area (Å²) in [5.41, 5.74) is 5.57. The number of sulfonamides is 1. The van der Waals surface area contributed by atoms with Gasteiger partial charge in [0.05, 0.1) is 4.90 Å². The molecule has 0 heterocycles. The molecule has 18 heavy (non-hydrogen) atoms. The van der Waals surface area contributed by atoms with Gasteiger partial charge in [-0.3, -0.25) is 0 Å². The molecule has 0 aliphatic heterocycles. The van der Waals surface area contributed by atoms with Crippen LogP contribution in [-0.2, 0) is 16.6 Å². The van der Waals surface area contributed by atoms with Gasteiger partial charge in [-0.2, -0.15) is 0 Å². The Morgan fingerprint density at radius 3 is 2.61 bits per heavy atom. The highest BCUT2D eigenvalue weighted by molar-refractivity contribution is 7.89. The lowest BCUT2D eigenvalue weighted by atomic mass is 10.2. The van der Waals surface area contributed by atoms with Crippen LogP contribution in [0.25, 0.3) is 0 Å². The van der Waals surface area contributed by atoms with Gasteiger partial charge >= 0.3 is 0 Å². The second-order valence-electron chi connectivity index (χ2n) is 5.32. The number of benzene rings is 1. The van der Waals surface area contributed by atoms with E-state index >= 15 is 0 Å². The number of nitrogens with two attached hydrogens (primary N) is 1. The van der Waals surface area contributed by atoms with Crippen molar-refractivity contribution in [3.63, 3.8) is 0 Å². The van der Waals surface area contributed by atoms with E-state index in [1.54, 1.807) is 0 Å². The maximum absolute atomic E-state index is 13.3. The number of nitrogens with one attached hydrogen (secondary N) is 1. The summed E-state index contributed by atoms with van der Waals surface area (Å²) in [6.07, 6.45) is 0.817. The summed E-state index contributed by atoms with van der Waals surface area (Å²) >= 11 is 0. The molecule has 1 aromatic rings. The van der Waals surface area contributed by atoms with E-state index < -0.39 is 15.8 Å². The lowest BCUT2D eigenvalue weighted by molar-refractivity contribution is 0.554. The molecule has 1 unspecified atom stereocenters. The van der Waals surface area contributed by atoms with Crippen molar-refractivity contribution in [1.29, 1.82) is 0 Å². The number of halogens is 1. The number of hydrogen-bond donors (Lipinski definition) is 2. The van der Waals surface area contributed by atoms with Gasteiger partial charge in [-0.25, -0.2) is 17.5 Å². The first-order valence-electron chi connectivity index (χ1n) is 5.77. The van der Waals surface area contributed by atoms with Gasteiger partial charge < -0.3 is 5.73 Å². The average molecular weight is 272 g/mol. The molecule has 0 spiro atoms. The predicted molar refractivity (Wildman–Crippen MR) is 66.8 cm³/mol. The van der Waals surface area contributed by atoms with Crippen LogP contribution in [0, 0.1) is 11.2 Å². The van der Waals surface area contributed by atoms with Crippen molar-refractivity contribution in [3.05, 3.63) is 29.6 Å². The van der Waals surface area contributed by atoms with Gasteiger partial charge in [0.25, 0.3) is 0 Å². The monoisotopic (exact) mass is 272 g/mol. The van der Waals surface area contributed by atoms with Crippen LogP contribution in [0.2, 0.25) is 0 Å². The molecule has 0 bridgehead atoms. The van der Waals surface area contributed by atoms with E-state index in [9.17, 15) is 12.8 Å². The summed E-state index contributed by atoms with van der Waals surface area (Å²) in [7, 11) is -3.59. The van der Waals surface area contributed by atoms with Gasteiger partial charge in [-0.05, 0) is 30.0 Å². The van der Waals surface area contributed by atoms with Crippen molar-refractivity contribution in [3.8, 4) is 0 Å². The topological polar surface area (TPSA) is 72.2 Å². The average Bonchev–Trinajstić information content (AvgIpc) is 2.85. The first kappa shape index (κ1) is 13.5. The van der Waals surface area contributed by atoms with Gasteiger partial charge in [0.2, 0.25) is 10.0 Å². The Balaban J connectivity index is 2.25. The van der Waals surface area contributed by atoms with E-state index in [2.05, 4.69) is 4.72 Å². The fourth-order valence-electron chi connectivity index (χ4n) is 1.80. The maximum atomic E-state index is 13.3. The molecular formula is C12H17FN2O2S.